The van der Waals surface area contributed by atoms with E-state index in [9.17, 15) is 0 Å². The van der Waals surface area contributed by atoms with Crippen LogP contribution in [-0.4, -0.2) is 29.8 Å². The van der Waals surface area contributed by atoms with Gasteiger partial charge < -0.3 is 15.0 Å². The molecule has 0 aromatic carbocycles. The quantitative estimate of drug-likeness (QED) is 0.741. The smallest absolute Gasteiger partial charge is 0.0951 e. The molecule has 86 valence electrons. The van der Waals surface area contributed by atoms with Gasteiger partial charge in [-0.05, 0) is 13.0 Å². The molecule has 0 radical (unpaired) electrons. The SMILES string of the molecule is CCCC(COC)n1cncc1CCN. The van der Waals surface area contributed by atoms with Gasteiger partial charge in [0.25, 0.3) is 0 Å². The summed E-state index contributed by atoms with van der Waals surface area (Å²) in [5.41, 5.74) is 6.77. The highest BCUT2D eigenvalue weighted by molar-refractivity contribution is 5.01. The zero-order valence-electron chi connectivity index (χ0n) is 9.65. The summed E-state index contributed by atoms with van der Waals surface area (Å²) in [6.07, 6.45) is 6.91. The summed E-state index contributed by atoms with van der Waals surface area (Å²) in [7, 11) is 1.74. The predicted octanol–water partition coefficient (Wildman–Crippen LogP) is 1.37. The molecule has 0 bridgehead atoms. The van der Waals surface area contributed by atoms with Crippen LogP contribution >= 0.6 is 0 Å². The molecule has 4 nitrogen and oxygen atoms in total. The molecule has 0 fully saturated rings. The summed E-state index contributed by atoms with van der Waals surface area (Å²) in [4.78, 5) is 4.18. The third-order valence-corrected chi connectivity index (χ3v) is 2.52. The highest BCUT2D eigenvalue weighted by Gasteiger charge is 2.12. The molecule has 0 spiro atoms. The Morgan fingerprint density at radius 2 is 2.40 bits per heavy atom. The first-order valence-corrected chi connectivity index (χ1v) is 5.53. The lowest BCUT2D eigenvalue weighted by Crippen LogP contribution is -2.17. The van der Waals surface area contributed by atoms with Gasteiger partial charge in [-0.1, -0.05) is 13.3 Å². The molecule has 0 aliphatic rings. The van der Waals surface area contributed by atoms with Crippen LogP contribution in [0.1, 0.15) is 31.5 Å². The van der Waals surface area contributed by atoms with E-state index in [0.29, 0.717) is 12.6 Å². The Labute approximate surface area is 91.4 Å². The molecule has 0 amide bonds. The minimum Gasteiger partial charge on any atom is -0.383 e. The van der Waals surface area contributed by atoms with Crippen LogP contribution < -0.4 is 5.73 Å². The largest absolute Gasteiger partial charge is 0.383 e. The lowest BCUT2D eigenvalue weighted by molar-refractivity contribution is 0.149. The van der Waals surface area contributed by atoms with Gasteiger partial charge in [0, 0.05) is 25.4 Å². The van der Waals surface area contributed by atoms with Gasteiger partial charge in [0.05, 0.1) is 19.0 Å². The number of hydrogen-bond donors (Lipinski definition) is 1. The van der Waals surface area contributed by atoms with E-state index in [0.717, 1.165) is 25.9 Å². The Kier molecular flexibility index (Phi) is 5.36. The second-order valence-corrected chi connectivity index (χ2v) is 3.73. The number of hydrogen-bond acceptors (Lipinski definition) is 3. The highest BCUT2D eigenvalue weighted by Crippen LogP contribution is 2.16. The van der Waals surface area contributed by atoms with Crippen molar-refractivity contribution in [3.63, 3.8) is 0 Å². The Hall–Kier alpha value is -0.870. The van der Waals surface area contributed by atoms with Gasteiger partial charge in [0.1, 0.15) is 0 Å². The highest BCUT2D eigenvalue weighted by atomic mass is 16.5. The fourth-order valence-electron chi connectivity index (χ4n) is 1.83. The van der Waals surface area contributed by atoms with Crippen LogP contribution in [0.4, 0.5) is 0 Å². The summed E-state index contributed by atoms with van der Waals surface area (Å²) < 4.78 is 7.43. The molecule has 1 rings (SSSR count). The second kappa shape index (κ2) is 6.58. The number of nitrogens with two attached hydrogens (primary N) is 1. The van der Waals surface area contributed by atoms with Crippen molar-refractivity contribution in [1.82, 2.24) is 9.55 Å². The zero-order chi connectivity index (χ0) is 11.1. The van der Waals surface area contributed by atoms with E-state index in [1.165, 1.54) is 5.69 Å². The van der Waals surface area contributed by atoms with Gasteiger partial charge in [0.15, 0.2) is 0 Å². The fourth-order valence-corrected chi connectivity index (χ4v) is 1.83. The maximum atomic E-state index is 5.56. The van der Waals surface area contributed by atoms with Gasteiger partial charge in [-0.15, -0.1) is 0 Å². The van der Waals surface area contributed by atoms with E-state index in [4.69, 9.17) is 10.5 Å². The van der Waals surface area contributed by atoms with Crippen LogP contribution in [0.3, 0.4) is 0 Å². The number of ether oxygens (including phenoxy) is 1. The molecule has 1 aromatic rings. The van der Waals surface area contributed by atoms with E-state index < -0.39 is 0 Å². The lowest BCUT2D eigenvalue weighted by atomic mass is 10.1. The van der Waals surface area contributed by atoms with Gasteiger partial charge >= 0.3 is 0 Å². The summed E-state index contributed by atoms with van der Waals surface area (Å²) in [6.45, 7) is 3.58. The average Bonchev–Trinajstić information content (AvgIpc) is 2.66. The van der Waals surface area contributed by atoms with E-state index in [2.05, 4.69) is 16.5 Å². The van der Waals surface area contributed by atoms with Crippen LogP contribution in [0.5, 0.6) is 0 Å². The van der Waals surface area contributed by atoms with E-state index >= 15 is 0 Å². The molecule has 1 atom stereocenters. The molecule has 1 heterocycles. The lowest BCUT2D eigenvalue weighted by Gasteiger charge is -2.19. The molecular weight excluding hydrogens is 190 g/mol. The Bertz CT molecular complexity index is 267. The van der Waals surface area contributed by atoms with Crippen LogP contribution in [0.25, 0.3) is 0 Å². The minimum atomic E-state index is 0.393. The van der Waals surface area contributed by atoms with Crippen LogP contribution in [0.15, 0.2) is 12.5 Å². The number of nitrogens with zero attached hydrogens (tertiary/aromatic N) is 2. The van der Waals surface area contributed by atoms with E-state index in [1.54, 1.807) is 7.11 Å². The average molecular weight is 211 g/mol. The molecule has 1 aromatic heterocycles. The van der Waals surface area contributed by atoms with E-state index in [1.807, 2.05) is 12.5 Å². The van der Waals surface area contributed by atoms with Crippen molar-refractivity contribution in [3.8, 4) is 0 Å². The molecule has 15 heavy (non-hydrogen) atoms. The van der Waals surface area contributed by atoms with Crippen LogP contribution in [0, 0.1) is 0 Å². The number of imidazole rings is 1. The third-order valence-electron chi connectivity index (χ3n) is 2.52. The molecule has 2 N–H and O–H groups in total. The molecule has 0 saturated carbocycles. The van der Waals surface area contributed by atoms with Crippen LogP contribution in [-0.2, 0) is 11.2 Å². The zero-order valence-corrected chi connectivity index (χ0v) is 9.65. The van der Waals surface area contributed by atoms with Crippen molar-refractivity contribution in [1.29, 1.82) is 0 Å². The first kappa shape index (κ1) is 12.2. The normalized spacial score (nSPS) is 13.0. The van der Waals surface area contributed by atoms with Crippen molar-refractivity contribution in [3.05, 3.63) is 18.2 Å². The Morgan fingerprint density at radius 1 is 1.60 bits per heavy atom. The molecule has 1 unspecified atom stereocenters. The maximum Gasteiger partial charge on any atom is 0.0951 e. The van der Waals surface area contributed by atoms with Gasteiger partial charge in [-0.2, -0.15) is 0 Å². The van der Waals surface area contributed by atoms with Crippen molar-refractivity contribution >= 4 is 0 Å². The standard InChI is InChI=1S/C11H21N3O/c1-3-4-11(8-15-2)14-9-13-7-10(14)5-6-12/h7,9,11H,3-6,8,12H2,1-2H3. The van der Waals surface area contributed by atoms with Crippen molar-refractivity contribution in [2.24, 2.45) is 5.73 Å². The number of rotatable bonds is 7. The van der Waals surface area contributed by atoms with Crippen molar-refractivity contribution in [2.45, 2.75) is 32.2 Å². The summed E-state index contributed by atoms with van der Waals surface area (Å²) in [6, 6.07) is 0.393. The minimum absolute atomic E-state index is 0.393. The van der Waals surface area contributed by atoms with Gasteiger partial charge in [0.2, 0.25) is 0 Å². The summed E-state index contributed by atoms with van der Waals surface area (Å²) in [5.74, 6) is 0. The first-order chi connectivity index (χ1) is 7.33. The topological polar surface area (TPSA) is 53.1 Å². The number of aromatic nitrogens is 2. The molecule has 0 aliphatic carbocycles. The summed E-state index contributed by atoms with van der Waals surface area (Å²) in [5, 5.41) is 0. The second-order valence-electron chi connectivity index (χ2n) is 3.73. The monoisotopic (exact) mass is 211 g/mol. The van der Waals surface area contributed by atoms with Crippen molar-refractivity contribution in [2.75, 3.05) is 20.3 Å². The molecule has 0 saturated heterocycles. The summed E-state index contributed by atoms with van der Waals surface area (Å²) >= 11 is 0. The Balaban J connectivity index is 2.74. The maximum absolute atomic E-state index is 5.56. The van der Waals surface area contributed by atoms with Gasteiger partial charge in [-0.3, -0.25) is 0 Å². The number of methoxy groups -OCH3 is 1. The molecule has 4 heteroatoms. The third kappa shape index (κ3) is 3.32. The van der Waals surface area contributed by atoms with Gasteiger partial charge in [-0.25, -0.2) is 4.98 Å². The fraction of sp³-hybridized carbons (Fsp3) is 0.727. The first-order valence-electron chi connectivity index (χ1n) is 5.53. The van der Waals surface area contributed by atoms with Crippen molar-refractivity contribution < 1.29 is 4.74 Å². The molecular formula is C11H21N3O. The van der Waals surface area contributed by atoms with E-state index in [-0.39, 0.29) is 0 Å². The molecule has 0 aliphatic heterocycles. The Morgan fingerprint density at radius 3 is 3.00 bits per heavy atom. The van der Waals surface area contributed by atoms with Crippen LogP contribution in [0.2, 0.25) is 0 Å². The predicted molar refractivity (Wildman–Crippen MR) is 60.8 cm³/mol.